The van der Waals surface area contributed by atoms with Crippen LogP contribution in [0, 0.1) is 18.7 Å². The average Bonchev–Trinajstić information content (AvgIpc) is 2.70. The fourth-order valence-electron chi connectivity index (χ4n) is 4.54. The summed E-state index contributed by atoms with van der Waals surface area (Å²) in [6.45, 7) is 5.98. The molecule has 4 nitrogen and oxygen atoms in total. The molecule has 1 saturated carbocycles. The Morgan fingerprint density at radius 2 is 1.93 bits per heavy atom. The Kier molecular flexibility index (Phi) is 5.41. The van der Waals surface area contributed by atoms with Gasteiger partial charge in [0.25, 0.3) is 0 Å². The molecule has 1 aliphatic carbocycles. The highest BCUT2D eigenvalue weighted by atomic mass is 19.1. The molecule has 3 aromatic rings. The average molecular weight is 409 g/mol. The van der Waals surface area contributed by atoms with Crippen LogP contribution in [0.1, 0.15) is 43.7 Å². The van der Waals surface area contributed by atoms with Gasteiger partial charge < -0.3 is 15.1 Å². The summed E-state index contributed by atoms with van der Waals surface area (Å²) in [5.41, 5.74) is 4.05. The van der Waals surface area contributed by atoms with E-state index in [1.807, 2.05) is 19.1 Å². The zero-order chi connectivity index (χ0) is 21.6. The number of rotatable bonds is 5. The van der Waals surface area contributed by atoms with Crippen LogP contribution in [0.5, 0.6) is 5.75 Å². The second kappa shape index (κ2) is 7.88. The van der Waals surface area contributed by atoms with Gasteiger partial charge in [-0.2, -0.15) is 0 Å². The minimum Gasteiger partial charge on any atom is -0.508 e. The number of aromatic hydroxyl groups is 1. The first kappa shape index (κ1) is 20.6. The van der Waals surface area contributed by atoms with E-state index >= 15 is 0 Å². The van der Waals surface area contributed by atoms with Crippen molar-refractivity contribution in [1.29, 1.82) is 0 Å². The molecule has 0 radical (unpaired) electrons. The Hall–Kier alpha value is -2.66. The number of fused-ring (bicyclic) bond motifs is 1. The number of benzene rings is 2. The fourth-order valence-corrected chi connectivity index (χ4v) is 4.54. The fraction of sp³-hybridized carbons (Fsp3) is 0.400. The van der Waals surface area contributed by atoms with E-state index < -0.39 is 0 Å². The van der Waals surface area contributed by atoms with Gasteiger partial charge in [-0.25, -0.2) is 9.37 Å². The maximum Gasteiger partial charge on any atom is 0.133 e. The number of hydrogen-bond donors (Lipinski definition) is 2. The molecular weight excluding hydrogens is 379 g/mol. The van der Waals surface area contributed by atoms with Crippen molar-refractivity contribution in [2.24, 2.45) is 5.92 Å². The minimum atomic E-state index is -0.243. The van der Waals surface area contributed by atoms with Gasteiger partial charge in [0, 0.05) is 42.6 Å². The molecule has 1 unspecified atom stereocenters. The minimum absolute atomic E-state index is 0.0135. The number of nitrogens with zero attached hydrogens (tertiary/aromatic N) is 2. The van der Waals surface area contributed by atoms with Gasteiger partial charge in [-0.3, -0.25) is 0 Å². The van der Waals surface area contributed by atoms with Crippen LogP contribution in [0.2, 0.25) is 0 Å². The number of aliphatic hydroxyl groups excluding tert-OH is 1. The van der Waals surface area contributed by atoms with E-state index in [9.17, 15) is 14.6 Å². The smallest absolute Gasteiger partial charge is 0.133 e. The number of aliphatic hydroxyl groups is 1. The highest BCUT2D eigenvalue weighted by Crippen LogP contribution is 2.43. The summed E-state index contributed by atoms with van der Waals surface area (Å²) < 4.78 is 14.0. The summed E-state index contributed by atoms with van der Waals surface area (Å²) in [6, 6.07) is 10.7. The van der Waals surface area contributed by atoms with E-state index in [4.69, 9.17) is 4.98 Å². The largest absolute Gasteiger partial charge is 0.508 e. The topological polar surface area (TPSA) is 56.6 Å². The third-order valence-electron chi connectivity index (χ3n) is 6.43. The molecule has 1 heterocycles. The molecule has 1 atom stereocenters. The van der Waals surface area contributed by atoms with Gasteiger partial charge >= 0.3 is 0 Å². The standard InChI is InChI=1S/C25H29FN2O2/c1-14-9-18(10-14)28(4)25-23(16(3)13-29)24(17-5-8-21(26)15(2)11-17)20-7-6-19(30)12-22(20)27-25/h5-8,11-12,14,16,18,29-30H,9-10,13H2,1-4H3. The van der Waals surface area contributed by atoms with E-state index in [0.29, 0.717) is 23.0 Å². The third kappa shape index (κ3) is 3.52. The lowest BCUT2D eigenvalue weighted by molar-refractivity contribution is 0.269. The van der Waals surface area contributed by atoms with Crippen LogP contribution in [0.25, 0.3) is 22.0 Å². The molecule has 5 heteroatoms. The van der Waals surface area contributed by atoms with Gasteiger partial charge in [-0.1, -0.05) is 19.9 Å². The predicted molar refractivity (Wildman–Crippen MR) is 120 cm³/mol. The summed E-state index contributed by atoms with van der Waals surface area (Å²) in [4.78, 5) is 7.15. The number of phenols is 1. The molecule has 0 spiro atoms. The lowest BCUT2D eigenvalue weighted by Gasteiger charge is -2.41. The van der Waals surface area contributed by atoms with Crippen LogP contribution in [-0.2, 0) is 0 Å². The first-order valence-electron chi connectivity index (χ1n) is 10.6. The number of hydrogen-bond acceptors (Lipinski definition) is 4. The Balaban J connectivity index is 2.04. The highest BCUT2D eigenvalue weighted by molar-refractivity contribution is 5.99. The van der Waals surface area contributed by atoms with E-state index in [1.54, 1.807) is 25.1 Å². The lowest BCUT2D eigenvalue weighted by atomic mass is 9.80. The van der Waals surface area contributed by atoms with Gasteiger partial charge in [0.05, 0.1) is 5.52 Å². The van der Waals surface area contributed by atoms with Crippen molar-refractivity contribution in [2.45, 2.75) is 45.6 Å². The first-order valence-corrected chi connectivity index (χ1v) is 10.6. The molecular formula is C25H29FN2O2. The molecule has 158 valence electrons. The maximum absolute atomic E-state index is 14.0. The molecule has 0 saturated heterocycles. The quantitative estimate of drug-likeness (QED) is 0.595. The number of pyridine rings is 1. The molecule has 0 bridgehead atoms. The Bertz CT molecular complexity index is 1090. The molecule has 1 aromatic heterocycles. The third-order valence-corrected chi connectivity index (χ3v) is 6.43. The first-order chi connectivity index (χ1) is 14.3. The highest BCUT2D eigenvalue weighted by Gasteiger charge is 2.32. The lowest BCUT2D eigenvalue weighted by Crippen LogP contribution is -2.42. The van der Waals surface area contributed by atoms with Crippen LogP contribution in [0.4, 0.5) is 10.2 Å². The Labute approximate surface area is 177 Å². The molecule has 1 fully saturated rings. The molecule has 1 aliphatic rings. The second-order valence-electron chi connectivity index (χ2n) is 8.81. The summed E-state index contributed by atoms with van der Waals surface area (Å²) in [5.74, 6) is 1.28. The molecule has 0 amide bonds. The zero-order valence-electron chi connectivity index (χ0n) is 18.0. The number of halogens is 1. The van der Waals surface area contributed by atoms with Crippen molar-refractivity contribution >= 4 is 16.7 Å². The van der Waals surface area contributed by atoms with Gasteiger partial charge in [0.1, 0.15) is 17.4 Å². The van der Waals surface area contributed by atoms with E-state index in [-0.39, 0.29) is 24.1 Å². The van der Waals surface area contributed by atoms with Crippen molar-refractivity contribution in [3.8, 4) is 16.9 Å². The summed E-state index contributed by atoms with van der Waals surface area (Å²) in [5, 5.41) is 21.1. The number of aromatic nitrogens is 1. The molecule has 0 aliphatic heterocycles. The maximum atomic E-state index is 14.0. The second-order valence-corrected chi connectivity index (χ2v) is 8.81. The molecule has 4 rings (SSSR count). The van der Waals surface area contributed by atoms with Crippen molar-refractivity contribution in [2.75, 3.05) is 18.6 Å². The van der Waals surface area contributed by atoms with Crippen LogP contribution >= 0.6 is 0 Å². The van der Waals surface area contributed by atoms with Crippen LogP contribution in [0.3, 0.4) is 0 Å². The van der Waals surface area contributed by atoms with Crippen molar-refractivity contribution in [3.05, 3.63) is 53.3 Å². The van der Waals surface area contributed by atoms with Gasteiger partial charge in [-0.15, -0.1) is 0 Å². The van der Waals surface area contributed by atoms with E-state index in [0.717, 1.165) is 40.7 Å². The van der Waals surface area contributed by atoms with Crippen LogP contribution in [0.15, 0.2) is 36.4 Å². The SMILES string of the molecule is Cc1cc(-c2c(C(C)CO)c(N(C)C3CC(C)C3)nc3cc(O)ccc23)ccc1F. The number of anilines is 1. The van der Waals surface area contributed by atoms with E-state index in [1.165, 1.54) is 6.07 Å². The monoisotopic (exact) mass is 408 g/mol. The van der Waals surface area contributed by atoms with Crippen molar-refractivity contribution < 1.29 is 14.6 Å². The molecule has 2 aromatic carbocycles. The summed E-state index contributed by atoms with van der Waals surface area (Å²) >= 11 is 0. The van der Waals surface area contributed by atoms with Crippen molar-refractivity contribution in [1.82, 2.24) is 4.98 Å². The van der Waals surface area contributed by atoms with Gasteiger partial charge in [0.2, 0.25) is 0 Å². The normalized spacial score (nSPS) is 19.5. The predicted octanol–water partition coefficient (Wildman–Crippen LogP) is 5.39. The van der Waals surface area contributed by atoms with Gasteiger partial charge in [-0.05, 0) is 66.6 Å². The Morgan fingerprint density at radius 3 is 2.57 bits per heavy atom. The van der Waals surface area contributed by atoms with E-state index in [2.05, 4.69) is 18.9 Å². The van der Waals surface area contributed by atoms with Gasteiger partial charge in [0.15, 0.2) is 0 Å². The van der Waals surface area contributed by atoms with Crippen molar-refractivity contribution in [3.63, 3.8) is 0 Å². The Morgan fingerprint density at radius 1 is 1.20 bits per heavy atom. The number of aryl methyl sites for hydroxylation is 1. The summed E-state index contributed by atoms with van der Waals surface area (Å²) in [7, 11) is 2.06. The van der Waals surface area contributed by atoms with Crippen LogP contribution < -0.4 is 4.90 Å². The molecule has 30 heavy (non-hydrogen) atoms. The zero-order valence-corrected chi connectivity index (χ0v) is 18.0. The molecule has 2 N–H and O–H groups in total. The number of phenolic OH excluding ortho intramolecular Hbond substituents is 1. The summed E-state index contributed by atoms with van der Waals surface area (Å²) in [6.07, 6.45) is 2.21. The van der Waals surface area contributed by atoms with Crippen LogP contribution in [-0.4, -0.2) is 34.9 Å².